The van der Waals surface area contributed by atoms with Crippen molar-refractivity contribution in [1.29, 1.82) is 0 Å². The van der Waals surface area contributed by atoms with Crippen LogP contribution in [0.2, 0.25) is 5.02 Å². The summed E-state index contributed by atoms with van der Waals surface area (Å²) in [7, 11) is 0. The molecule has 3 atom stereocenters. The lowest BCUT2D eigenvalue weighted by Gasteiger charge is -2.30. The van der Waals surface area contributed by atoms with Gasteiger partial charge < -0.3 is 10.1 Å². The first-order chi connectivity index (χ1) is 22.4. The molecule has 3 heterocycles. The molecule has 0 saturated carbocycles. The molecule has 2 aliphatic rings. The SMILES string of the molecule is CCOC(=O)c1ccc(NC(=O)Cn2c3c(sc2=O)[C@H](c2ccc(Cl)cc2)C2C(=O)N(c4cccc(C(F)(F)F)c4)C(=O)C2S3)cc1. The van der Waals surface area contributed by atoms with E-state index >= 15 is 0 Å². The number of fused-ring (bicyclic) bond motifs is 2. The van der Waals surface area contributed by atoms with Gasteiger partial charge in [0.25, 0.3) is 0 Å². The van der Waals surface area contributed by atoms with E-state index in [4.69, 9.17) is 16.3 Å². The van der Waals surface area contributed by atoms with Gasteiger partial charge in [-0.2, -0.15) is 13.2 Å². The molecule has 47 heavy (non-hydrogen) atoms. The molecule has 1 fully saturated rings. The van der Waals surface area contributed by atoms with E-state index in [0.29, 0.717) is 31.7 Å². The Labute approximate surface area is 278 Å². The van der Waals surface area contributed by atoms with Crippen molar-refractivity contribution in [2.24, 2.45) is 5.92 Å². The van der Waals surface area contributed by atoms with Crippen LogP contribution in [0.15, 0.2) is 82.6 Å². The van der Waals surface area contributed by atoms with E-state index in [1.165, 1.54) is 34.9 Å². The van der Waals surface area contributed by atoms with E-state index in [0.717, 1.165) is 46.2 Å². The fraction of sp³-hybridized carbons (Fsp3) is 0.219. The molecular weight excluding hydrogens is 679 g/mol. The molecule has 1 saturated heterocycles. The van der Waals surface area contributed by atoms with Crippen LogP contribution in [0.5, 0.6) is 0 Å². The first kappa shape index (κ1) is 32.5. The number of imide groups is 1. The van der Waals surface area contributed by atoms with Gasteiger partial charge in [0.2, 0.25) is 17.7 Å². The van der Waals surface area contributed by atoms with Crippen LogP contribution in [0.4, 0.5) is 24.5 Å². The topological polar surface area (TPSA) is 115 Å². The van der Waals surface area contributed by atoms with E-state index in [1.807, 2.05) is 0 Å². The van der Waals surface area contributed by atoms with Gasteiger partial charge in [0.1, 0.15) is 11.8 Å². The summed E-state index contributed by atoms with van der Waals surface area (Å²) < 4.78 is 46.7. The van der Waals surface area contributed by atoms with E-state index in [2.05, 4.69) is 5.32 Å². The van der Waals surface area contributed by atoms with Crippen molar-refractivity contribution in [2.45, 2.75) is 35.8 Å². The Morgan fingerprint density at radius 1 is 0.979 bits per heavy atom. The van der Waals surface area contributed by atoms with Crippen molar-refractivity contribution in [3.05, 3.63) is 109 Å². The predicted molar refractivity (Wildman–Crippen MR) is 170 cm³/mol. The zero-order valence-electron chi connectivity index (χ0n) is 24.2. The molecule has 3 amide bonds. The van der Waals surface area contributed by atoms with Crippen molar-refractivity contribution in [3.8, 4) is 0 Å². The lowest BCUT2D eigenvalue weighted by molar-refractivity contribution is -0.137. The quantitative estimate of drug-likeness (QED) is 0.181. The van der Waals surface area contributed by atoms with Crippen LogP contribution >= 0.6 is 34.7 Å². The van der Waals surface area contributed by atoms with Gasteiger partial charge in [-0.15, -0.1) is 0 Å². The molecule has 0 bridgehead atoms. The third kappa shape index (κ3) is 6.20. The van der Waals surface area contributed by atoms with Crippen LogP contribution < -0.4 is 15.1 Å². The number of hydrogen-bond acceptors (Lipinski definition) is 8. The molecule has 242 valence electrons. The Bertz CT molecular complexity index is 1960. The summed E-state index contributed by atoms with van der Waals surface area (Å²) in [6.45, 7) is 1.46. The normalized spacial score (nSPS) is 18.9. The average molecular weight is 702 g/mol. The van der Waals surface area contributed by atoms with E-state index in [-0.39, 0.29) is 12.3 Å². The number of nitrogens with zero attached hydrogens (tertiary/aromatic N) is 2. The van der Waals surface area contributed by atoms with Crippen LogP contribution in [-0.4, -0.2) is 40.1 Å². The molecule has 2 unspecified atom stereocenters. The highest BCUT2D eigenvalue weighted by atomic mass is 35.5. The number of esters is 1. The third-order valence-electron chi connectivity index (χ3n) is 7.69. The maximum absolute atomic E-state index is 14.0. The fourth-order valence-electron chi connectivity index (χ4n) is 5.61. The smallest absolute Gasteiger partial charge is 0.416 e. The third-order valence-corrected chi connectivity index (χ3v) is 10.5. The van der Waals surface area contributed by atoms with Gasteiger partial charge in [-0.05, 0) is 67.1 Å². The number of rotatable bonds is 7. The molecule has 15 heteroatoms. The van der Waals surface area contributed by atoms with Crippen molar-refractivity contribution >= 4 is 69.8 Å². The number of nitrogens with one attached hydrogen (secondary N) is 1. The minimum atomic E-state index is -4.70. The van der Waals surface area contributed by atoms with Gasteiger partial charge in [-0.3, -0.25) is 23.7 Å². The number of carbonyl (C=O) groups is 4. The van der Waals surface area contributed by atoms with Crippen molar-refractivity contribution in [3.63, 3.8) is 0 Å². The maximum atomic E-state index is 14.0. The van der Waals surface area contributed by atoms with Crippen molar-refractivity contribution < 1.29 is 37.1 Å². The Morgan fingerprint density at radius 2 is 1.68 bits per heavy atom. The first-order valence-corrected chi connectivity index (χ1v) is 16.2. The first-order valence-electron chi connectivity index (χ1n) is 14.1. The zero-order chi connectivity index (χ0) is 33.6. The van der Waals surface area contributed by atoms with E-state index < -0.39 is 63.9 Å². The number of thioether (sulfide) groups is 1. The molecule has 3 aromatic carbocycles. The summed E-state index contributed by atoms with van der Waals surface area (Å²) in [5.74, 6) is -4.38. The van der Waals surface area contributed by atoms with Gasteiger partial charge in [0, 0.05) is 21.5 Å². The molecule has 0 spiro atoms. The number of benzene rings is 3. The predicted octanol–water partition coefficient (Wildman–Crippen LogP) is 6.19. The van der Waals surface area contributed by atoms with Gasteiger partial charge in [0.15, 0.2) is 0 Å². The highest BCUT2D eigenvalue weighted by Gasteiger charge is 2.57. The van der Waals surface area contributed by atoms with Gasteiger partial charge in [-0.1, -0.05) is 52.9 Å². The largest absolute Gasteiger partial charge is 0.462 e. The Morgan fingerprint density at radius 3 is 2.34 bits per heavy atom. The zero-order valence-corrected chi connectivity index (χ0v) is 26.6. The number of aromatic nitrogens is 1. The number of carbonyl (C=O) groups excluding carboxylic acids is 4. The minimum absolute atomic E-state index is 0.207. The van der Waals surface area contributed by atoms with Crippen molar-refractivity contribution in [2.75, 3.05) is 16.8 Å². The highest BCUT2D eigenvalue weighted by molar-refractivity contribution is 8.00. The summed E-state index contributed by atoms with van der Waals surface area (Å²) in [4.78, 5) is 66.9. The molecule has 1 N–H and O–H groups in total. The molecular formula is C32H23ClF3N3O6S2. The lowest BCUT2D eigenvalue weighted by Crippen LogP contribution is -2.33. The van der Waals surface area contributed by atoms with Gasteiger partial charge in [-0.25, -0.2) is 9.69 Å². The standard InChI is InChI=1S/C32H23ClF3N3O6S2/c1-2-45-30(43)17-8-12-20(13-9-17)37-22(40)15-38-29-26(47-31(38)44)23(16-6-10-19(33)11-7-16)24-25(46-29)28(42)39(27(24)41)21-5-3-4-18(14-21)32(34,35)36/h3-14,23-25H,2,15H2,1H3,(H,37,40)/t23-,24?,25?/m1/s1. The number of amides is 3. The van der Waals surface area contributed by atoms with Crippen LogP contribution in [-0.2, 0) is 31.8 Å². The maximum Gasteiger partial charge on any atom is 0.416 e. The summed E-state index contributed by atoms with van der Waals surface area (Å²) in [6, 6.07) is 16.5. The van der Waals surface area contributed by atoms with E-state index in [9.17, 15) is 37.1 Å². The Kier molecular flexibility index (Phi) is 8.76. The second-order valence-electron chi connectivity index (χ2n) is 10.6. The highest BCUT2D eigenvalue weighted by Crippen LogP contribution is 2.54. The molecule has 4 aromatic rings. The van der Waals surface area contributed by atoms with Gasteiger partial charge >= 0.3 is 17.0 Å². The number of anilines is 2. The lowest BCUT2D eigenvalue weighted by atomic mass is 9.83. The average Bonchev–Trinajstić information content (AvgIpc) is 3.47. The molecule has 0 aliphatic carbocycles. The monoisotopic (exact) mass is 701 g/mol. The molecule has 9 nitrogen and oxygen atoms in total. The molecule has 0 radical (unpaired) electrons. The number of ether oxygens (including phenoxy) is 1. The molecule has 2 aliphatic heterocycles. The number of alkyl halides is 3. The minimum Gasteiger partial charge on any atom is -0.462 e. The summed E-state index contributed by atoms with van der Waals surface area (Å²) in [5.41, 5.74) is -0.00412. The summed E-state index contributed by atoms with van der Waals surface area (Å²) >= 11 is 7.88. The number of thiazole rings is 1. The summed E-state index contributed by atoms with van der Waals surface area (Å²) in [5, 5.41) is 2.30. The Balaban J connectivity index is 1.34. The Hall–Kier alpha value is -4.40. The second kappa shape index (κ2) is 12.7. The number of halogens is 4. The van der Waals surface area contributed by atoms with Crippen molar-refractivity contribution in [1.82, 2.24) is 4.57 Å². The van der Waals surface area contributed by atoms with Gasteiger partial charge in [0.05, 0.1) is 34.4 Å². The van der Waals surface area contributed by atoms with Crippen LogP contribution in [0.1, 0.15) is 39.2 Å². The van der Waals surface area contributed by atoms with E-state index in [1.54, 1.807) is 31.2 Å². The fourth-order valence-corrected chi connectivity index (χ4v) is 8.51. The molecule has 6 rings (SSSR count). The number of hydrogen-bond donors (Lipinski definition) is 1. The summed E-state index contributed by atoms with van der Waals surface area (Å²) in [6.07, 6.45) is -4.70. The van der Waals surface area contributed by atoms with Crippen LogP contribution in [0, 0.1) is 5.92 Å². The molecule has 1 aromatic heterocycles. The van der Waals surface area contributed by atoms with Crippen LogP contribution in [0.25, 0.3) is 0 Å². The van der Waals surface area contributed by atoms with Crippen LogP contribution in [0.3, 0.4) is 0 Å². The second-order valence-corrected chi connectivity index (χ2v) is 13.2.